The number of nitrogens with one attached hydrogen (secondary N) is 2. The molecule has 0 bridgehead atoms. The zero-order chi connectivity index (χ0) is 17.1. The van der Waals surface area contributed by atoms with Gasteiger partial charge in [-0.3, -0.25) is 4.99 Å². The van der Waals surface area contributed by atoms with Crippen LogP contribution in [0.25, 0.3) is 0 Å². The van der Waals surface area contributed by atoms with Crippen LogP contribution in [-0.4, -0.2) is 62.7 Å². The molecular weight excluding hydrogens is 310 g/mol. The van der Waals surface area contributed by atoms with Crippen LogP contribution in [0.1, 0.15) is 25.7 Å². The molecule has 3 fully saturated rings. The predicted molar refractivity (Wildman–Crippen MR) is 104 cm³/mol. The molecule has 0 aromatic heterocycles. The highest BCUT2D eigenvalue weighted by Gasteiger charge is 2.34. The Morgan fingerprint density at radius 1 is 1.08 bits per heavy atom. The van der Waals surface area contributed by atoms with Crippen molar-refractivity contribution in [2.24, 2.45) is 10.9 Å². The van der Waals surface area contributed by atoms with Crippen molar-refractivity contribution in [3.05, 3.63) is 30.3 Å². The quantitative estimate of drug-likeness (QED) is 0.634. The maximum absolute atomic E-state index is 4.44. The van der Waals surface area contributed by atoms with Gasteiger partial charge in [-0.05, 0) is 50.3 Å². The first-order valence-corrected chi connectivity index (χ1v) is 9.83. The van der Waals surface area contributed by atoms with Gasteiger partial charge < -0.3 is 20.4 Å². The summed E-state index contributed by atoms with van der Waals surface area (Å²) in [6.07, 6.45) is 5.33. The normalized spacial score (nSPS) is 27.7. The van der Waals surface area contributed by atoms with E-state index >= 15 is 0 Å². The average molecular weight is 342 g/mol. The molecule has 3 aliphatic rings. The number of rotatable bonds is 5. The van der Waals surface area contributed by atoms with Crippen LogP contribution in [0.3, 0.4) is 0 Å². The lowest BCUT2D eigenvalue weighted by molar-refractivity contribution is 0.314. The number of para-hydroxylation sites is 1. The maximum Gasteiger partial charge on any atom is 0.191 e. The first-order chi connectivity index (χ1) is 12.3. The standard InChI is InChI=1S/C20H31N5/c1-21-20(22-13-16-9-11-24(14-16)19-7-8-19)23-17-10-12-25(15-17)18-5-3-2-4-6-18/h2-6,16-17,19H,7-15H2,1H3,(H2,21,22,23). The Kier molecular flexibility index (Phi) is 5.11. The number of guanidine groups is 1. The van der Waals surface area contributed by atoms with Crippen molar-refractivity contribution in [1.82, 2.24) is 15.5 Å². The van der Waals surface area contributed by atoms with Crippen molar-refractivity contribution in [3.8, 4) is 0 Å². The minimum Gasteiger partial charge on any atom is -0.369 e. The predicted octanol–water partition coefficient (Wildman–Crippen LogP) is 1.91. The fourth-order valence-electron chi connectivity index (χ4n) is 4.18. The summed E-state index contributed by atoms with van der Waals surface area (Å²) in [5.41, 5.74) is 1.32. The van der Waals surface area contributed by atoms with Crippen LogP contribution in [0.15, 0.2) is 35.3 Å². The highest BCUT2D eigenvalue weighted by atomic mass is 15.3. The summed E-state index contributed by atoms with van der Waals surface area (Å²) in [7, 11) is 1.88. The van der Waals surface area contributed by atoms with Gasteiger partial charge in [0.1, 0.15) is 0 Å². The van der Waals surface area contributed by atoms with Gasteiger partial charge in [0.2, 0.25) is 0 Å². The van der Waals surface area contributed by atoms with Crippen LogP contribution < -0.4 is 15.5 Å². The van der Waals surface area contributed by atoms with Gasteiger partial charge in [-0.15, -0.1) is 0 Å². The molecule has 2 saturated heterocycles. The van der Waals surface area contributed by atoms with Crippen molar-refractivity contribution < 1.29 is 0 Å². The second-order valence-electron chi connectivity index (χ2n) is 7.75. The van der Waals surface area contributed by atoms with Crippen LogP contribution in [0, 0.1) is 5.92 Å². The average Bonchev–Trinajstić information content (AvgIpc) is 3.21. The molecule has 0 spiro atoms. The Hall–Kier alpha value is -1.75. The third kappa shape index (κ3) is 4.27. The molecule has 25 heavy (non-hydrogen) atoms. The number of anilines is 1. The SMILES string of the molecule is CN=C(NCC1CCN(C2CC2)C1)NC1CCN(c2ccccc2)C1. The Labute approximate surface area is 151 Å². The molecular formula is C20H31N5. The second-order valence-corrected chi connectivity index (χ2v) is 7.75. The van der Waals surface area contributed by atoms with E-state index in [0.29, 0.717) is 6.04 Å². The molecule has 2 heterocycles. The summed E-state index contributed by atoms with van der Waals surface area (Å²) in [6, 6.07) is 12.1. The zero-order valence-corrected chi connectivity index (χ0v) is 15.3. The maximum atomic E-state index is 4.44. The van der Waals surface area contributed by atoms with Gasteiger partial charge in [0, 0.05) is 51.0 Å². The van der Waals surface area contributed by atoms with Gasteiger partial charge in [0.15, 0.2) is 5.96 Å². The molecule has 136 valence electrons. The van der Waals surface area contributed by atoms with E-state index in [2.05, 4.69) is 55.8 Å². The van der Waals surface area contributed by atoms with E-state index in [1.54, 1.807) is 0 Å². The monoisotopic (exact) mass is 341 g/mol. The molecule has 2 atom stereocenters. The lowest BCUT2D eigenvalue weighted by Gasteiger charge is -2.21. The molecule has 1 aromatic rings. The van der Waals surface area contributed by atoms with Crippen LogP contribution in [0.2, 0.25) is 0 Å². The molecule has 2 unspecified atom stereocenters. The van der Waals surface area contributed by atoms with E-state index in [9.17, 15) is 0 Å². The van der Waals surface area contributed by atoms with E-state index in [-0.39, 0.29) is 0 Å². The van der Waals surface area contributed by atoms with Gasteiger partial charge in [0.05, 0.1) is 0 Å². The summed E-state index contributed by atoms with van der Waals surface area (Å²) in [4.78, 5) is 9.57. The zero-order valence-electron chi connectivity index (χ0n) is 15.3. The minimum absolute atomic E-state index is 0.470. The highest BCUT2D eigenvalue weighted by molar-refractivity contribution is 5.80. The first-order valence-electron chi connectivity index (χ1n) is 9.83. The van der Waals surface area contributed by atoms with Crippen molar-refractivity contribution in [3.63, 3.8) is 0 Å². The van der Waals surface area contributed by atoms with Crippen LogP contribution in [-0.2, 0) is 0 Å². The lowest BCUT2D eigenvalue weighted by atomic mass is 10.1. The number of hydrogen-bond donors (Lipinski definition) is 2. The number of nitrogens with zero attached hydrogens (tertiary/aromatic N) is 3. The van der Waals surface area contributed by atoms with Gasteiger partial charge >= 0.3 is 0 Å². The van der Waals surface area contributed by atoms with Crippen molar-refractivity contribution >= 4 is 11.6 Å². The van der Waals surface area contributed by atoms with Gasteiger partial charge in [-0.2, -0.15) is 0 Å². The Morgan fingerprint density at radius 3 is 2.68 bits per heavy atom. The van der Waals surface area contributed by atoms with E-state index in [0.717, 1.165) is 44.0 Å². The number of benzene rings is 1. The first kappa shape index (κ1) is 16.7. The molecule has 5 heteroatoms. The van der Waals surface area contributed by atoms with Crippen molar-refractivity contribution in [2.75, 3.05) is 44.7 Å². The number of aliphatic imine (C=N–C) groups is 1. The third-order valence-corrected chi connectivity index (χ3v) is 5.81. The summed E-state index contributed by atoms with van der Waals surface area (Å²) in [5.74, 6) is 1.73. The molecule has 4 rings (SSSR count). The molecule has 0 radical (unpaired) electrons. The highest BCUT2D eigenvalue weighted by Crippen LogP contribution is 2.31. The minimum atomic E-state index is 0.470. The fourth-order valence-corrected chi connectivity index (χ4v) is 4.18. The Morgan fingerprint density at radius 2 is 1.92 bits per heavy atom. The van der Waals surface area contributed by atoms with Crippen molar-refractivity contribution in [2.45, 2.75) is 37.8 Å². The fraction of sp³-hybridized carbons (Fsp3) is 0.650. The van der Waals surface area contributed by atoms with Crippen LogP contribution >= 0.6 is 0 Å². The summed E-state index contributed by atoms with van der Waals surface area (Å²) < 4.78 is 0. The summed E-state index contributed by atoms with van der Waals surface area (Å²) in [6.45, 7) is 5.75. The lowest BCUT2D eigenvalue weighted by Crippen LogP contribution is -2.46. The smallest absolute Gasteiger partial charge is 0.191 e. The molecule has 1 aliphatic carbocycles. The largest absolute Gasteiger partial charge is 0.369 e. The molecule has 5 nitrogen and oxygen atoms in total. The van der Waals surface area contributed by atoms with Crippen LogP contribution in [0.4, 0.5) is 5.69 Å². The second kappa shape index (κ2) is 7.65. The molecule has 1 saturated carbocycles. The van der Waals surface area contributed by atoms with E-state index < -0.39 is 0 Å². The van der Waals surface area contributed by atoms with Crippen LogP contribution in [0.5, 0.6) is 0 Å². The molecule has 2 N–H and O–H groups in total. The summed E-state index contributed by atoms with van der Waals surface area (Å²) >= 11 is 0. The van der Waals surface area contributed by atoms with E-state index in [1.165, 1.54) is 38.0 Å². The van der Waals surface area contributed by atoms with E-state index in [1.807, 2.05) is 7.05 Å². The molecule has 1 aromatic carbocycles. The number of hydrogen-bond acceptors (Lipinski definition) is 3. The topological polar surface area (TPSA) is 42.9 Å². The van der Waals surface area contributed by atoms with Gasteiger partial charge in [-0.1, -0.05) is 18.2 Å². The Balaban J connectivity index is 1.21. The van der Waals surface area contributed by atoms with Gasteiger partial charge in [0.25, 0.3) is 0 Å². The molecule has 2 aliphatic heterocycles. The molecule has 0 amide bonds. The summed E-state index contributed by atoms with van der Waals surface area (Å²) in [5, 5.41) is 7.19. The third-order valence-electron chi connectivity index (χ3n) is 5.81. The Bertz CT molecular complexity index is 583. The van der Waals surface area contributed by atoms with E-state index in [4.69, 9.17) is 0 Å². The van der Waals surface area contributed by atoms with Crippen molar-refractivity contribution in [1.29, 1.82) is 0 Å². The van der Waals surface area contributed by atoms with Gasteiger partial charge in [-0.25, -0.2) is 0 Å². The number of likely N-dealkylation sites (tertiary alicyclic amines) is 1.